The first kappa shape index (κ1) is 12.4. The third kappa shape index (κ3) is 2.77. The molecule has 5 nitrogen and oxygen atoms in total. The Bertz CT molecular complexity index is 331. The average Bonchev–Trinajstić information content (AvgIpc) is 2.42. The van der Waals surface area contributed by atoms with E-state index >= 15 is 0 Å². The molecule has 0 spiro atoms. The van der Waals surface area contributed by atoms with Crippen molar-refractivity contribution in [2.75, 3.05) is 19.6 Å². The van der Waals surface area contributed by atoms with Gasteiger partial charge in [-0.2, -0.15) is 0 Å². The first-order valence-corrected chi connectivity index (χ1v) is 6.10. The Morgan fingerprint density at radius 1 is 1.41 bits per heavy atom. The summed E-state index contributed by atoms with van der Waals surface area (Å²) in [6.45, 7) is 7.72. The summed E-state index contributed by atoms with van der Waals surface area (Å²) in [5, 5.41) is 3.13. The van der Waals surface area contributed by atoms with Crippen LogP contribution in [0.4, 0.5) is 0 Å². The Morgan fingerprint density at radius 2 is 2.06 bits per heavy atom. The molecular weight excluding hydrogens is 220 g/mol. The number of likely N-dealkylation sites (tertiary alicyclic amines) is 1. The number of nitrogens with one attached hydrogen (secondary N) is 1. The average molecular weight is 240 g/mol. The molecule has 2 saturated heterocycles. The van der Waals surface area contributed by atoms with E-state index in [4.69, 9.17) is 4.74 Å². The molecule has 0 aliphatic carbocycles. The van der Waals surface area contributed by atoms with E-state index in [0.29, 0.717) is 13.0 Å². The van der Waals surface area contributed by atoms with Gasteiger partial charge in [0.15, 0.2) is 0 Å². The van der Waals surface area contributed by atoms with Gasteiger partial charge in [-0.3, -0.25) is 9.59 Å². The van der Waals surface area contributed by atoms with Crippen LogP contribution in [-0.4, -0.2) is 48.1 Å². The van der Waals surface area contributed by atoms with Gasteiger partial charge in [0, 0.05) is 26.1 Å². The van der Waals surface area contributed by atoms with Crippen molar-refractivity contribution in [2.24, 2.45) is 5.92 Å². The summed E-state index contributed by atoms with van der Waals surface area (Å²) in [5.41, 5.74) is -0.481. The summed E-state index contributed by atoms with van der Waals surface area (Å²) < 4.78 is 5.32. The molecule has 1 amide bonds. The molecule has 17 heavy (non-hydrogen) atoms. The van der Waals surface area contributed by atoms with Gasteiger partial charge in [0.1, 0.15) is 5.60 Å². The summed E-state index contributed by atoms with van der Waals surface area (Å²) in [6.07, 6.45) is 0.297. The fourth-order valence-corrected chi connectivity index (χ4v) is 2.12. The standard InChI is InChI=1S/C12H20N2O3/c1-12(2,3)17-11(16)8-4-10(15)14(7-8)9-5-13-6-9/h8-9,13H,4-7H2,1-3H3. The van der Waals surface area contributed by atoms with Crippen molar-refractivity contribution in [3.63, 3.8) is 0 Å². The Kier molecular flexibility index (Phi) is 3.12. The van der Waals surface area contributed by atoms with E-state index in [2.05, 4.69) is 5.32 Å². The molecule has 5 heteroatoms. The van der Waals surface area contributed by atoms with Crippen LogP contribution >= 0.6 is 0 Å². The molecule has 0 aromatic carbocycles. The van der Waals surface area contributed by atoms with E-state index in [1.807, 2.05) is 25.7 Å². The quantitative estimate of drug-likeness (QED) is 0.698. The number of hydrogen-bond donors (Lipinski definition) is 1. The number of hydrogen-bond acceptors (Lipinski definition) is 4. The highest BCUT2D eigenvalue weighted by Crippen LogP contribution is 2.24. The first-order valence-electron chi connectivity index (χ1n) is 6.10. The van der Waals surface area contributed by atoms with Crippen molar-refractivity contribution in [1.82, 2.24) is 10.2 Å². The van der Waals surface area contributed by atoms with Gasteiger partial charge in [0.2, 0.25) is 5.91 Å². The smallest absolute Gasteiger partial charge is 0.311 e. The minimum Gasteiger partial charge on any atom is -0.460 e. The minimum atomic E-state index is -0.481. The minimum absolute atomic E-state index is 0.0763. The van der Waals surface area contributed by atoms with Crippen molar-refractivity contribution < 1.29 is 14.3 Å². The molecule has 2 rings (SSSR count). The van der Waals surface area contributed by atoms with Crippen LogP contribution in [0.1, 0.15) is 27.2 Å². The number of carbonyl (C=O) groups excluding carboxylic acids is 2. The normalized spacial score (nSPS) is 25.9. The second-order valence-electron chi connectivity index (χ2n) is 5.79. The Hall–Kier alpha value is -1.10. The first-order chi connectivity index (χ1) is 7.87. The number of rotatable bonds is 2. The molecule has 2 aliphatic heterocycles. The fraction of sp³-hybridized carbons (Fsp3) is 0.833. The van der Waals surface area contributed by atoms with E-state index in [-0.39, 0.29) is 23.8 Å². The molecule has 2 fully saturated rings. The lowest BCUT2D eigenvalue weighted by atomic mass is 10.1. The third-order valence-corrected chi connectivity index (χ3v) is 3.10. The largest absolute Gasteiger partial charge is 0.460 e. The lowest BCUT2D eigenvalue weighted by Crippen LogP contribution is -2.57. The van der Waals surface area contributed by atoms with Gasteiger partial charge in [-0.15, -0.1) is 0 Å². The van der Waals surface area contributed by atoms with Gasteiger partial charge < -0.3 is 15.0 Å². The number of esters is 1. The molecule has 0 aromatic rings. The van der Waals surface area contributed by atoms with Crippen molar-refractivity contribution >= 4 is 11.9 Å². The third-order valence-electron chi connectivity index (χ3n) is 3.10. The van der Waals surface area contributed by atoms with Crippen LogP contribution in [0.5, 0.6) is 0 Å². The highest BCUT2D eigenvalue weighted by molar-refractivity contribution is 5.87. The predicted octanol–water partition coefficient (Wildman–Crippen LogP) is 0.148. The molecule has 96 valence electrons. The predicted molar refractivity (Wildman–Crippen MR) is 62.3 cm³/mol. The number of nitrogens with zero attached hydrogens (tertiary/aromatic N) is 1. The molecule has 1 unspecified atom stereocenters. The van der Waals surface area contributed by atoms with Gasteiger partial charge >= 0.3 is 5.97 Å². The van der Waals surface area contributed by atoms with Crippen molar-refractivity contribution in [3.05, 3.63) is 0 Å². The number of amides is 1. The van der Waals surface area contributed by atoms with E-state index in [1.165, 1.54) is 0 Å². The second kappa shape index (κ2) is 4.29. The zero-order valence-corrected chi connectivity index (χ0v) is 10.7. The molecule has 1 atom stereocenters. The van der Waals surface area contributed by atoms with Crippen molar-refractivity contribution in [1.29, 1.82) is 0 Å². The molecule has 2 heterocycles. The van der Waals surface area contributed by atoms with Crippen LogP contribution in [0.2, 0.25) is 0 Å². The lowest BCUT2D eigenvalue weighted by Gasteiger charge is -2.35. The van der Waals surface area contributed by atoms with Crippen molar-refractivity contribution in [3.8, 4) is 0 Å². The summed E-state index contributed by atoms with van der Waals surface area (Å²) in [4.78, 5) is 25.5. The summed E-state index contributed by atoms with van der Waals surface area (Å²) in [6, 6.07) is 0.273. The van der Waals surface area contributed by atoms with Crippen LogP contribution in [0.25, 0.3) is 0 Å². The van der Waals surface area contributed by atoms with Crippen LogP contribution in [0, 0.1) is 5.92 Å². The summed E-state index contributed by atoms with van der Waals surface area (Å²) in [7, 11) is 0. The Labute approximate surface area is 101 Å². The lowest BCUT2D eigenvalue weighted by molar-refractivity contribution is -0.159. The van der Waals surface area contributed by atoms with Gasteiger partial charge in [-0.25, -0.2) is 0 Å². The van der Waals surface area contributed by atoms with Crippen molar-refractivity contribution in [2.45, 2.75) is 38.8 Å². The Balaban J connectivity index is 1.91. The van der Waals surface area contributed by atoms with Gasteiger partial charge in [0.25, 0.3) is 0 Å². The molecular formula is C12H20N2O3. The zero-order valence-electron chi connectivity index (χ0n) is 10.7. The highest BCUT2D eigenvalue weighted by Gasteiger charge is 2.41. The highest BCUT2D eigenvalue weighted by atomic mass is 16.6. The van der Waals surface area contributed by atoms with Crippen LogP contribution in [-0.2, 0) is 14.3 Å². The fourth-order valence-electron chi connectivity index (χ4n) is 2.12. The zero-order chi connectivity index (χ0) is 12.6. The molecule has 0 aromatic heterocycles. The van der Waals surface area contributed by atoms with E-state index in [1.54, 1.807) is 0 Å². The van der Waals surface area contributed by atoms with E-state index in [9.17, 15) is 9.59 Å². The molecule has 1 N–H and O–H groups in total. The monoisotopic (exact) mass is 240 g/mol. The summed E-state index contributed by atoms with van der Waals surface area (Å²) in [5.74, 6) is -0.463. The van der Waals surface area contributed by atoms with Gasteiger partial charge in [-0.1, -0.05) is 0 Å². The molecule has 0 bridgehead atoms. The maximum Gasteiger partial charge on any atom is 0.311 e. The SMILES string of the molecule is CC(C)(C)OC(=O)C1CC(=O)N(C2CNC2)C1. The van der Waals surface area contributed by atoms with Crippen LogP contribution in [0.15, 0.2) is 0 Å². The number of ether oxygens (including phenoxy) is 1. The number of carbonyl (C=O) groups is 2. The van der Waals surface area contributed by atoms with E-state index < -0.39 is 5.60 Å². The van der Waals surface area contributed by atoms with E-state index in [0.717, 1.165) is 13.1 Å². The Morgan fingerprint density at radius 3 is 2.53 bits per heavy atom. The van der Waals surface area contributed by atoms with Gasteiger partial charge in [-0.05, 0) is 20.8 Å². The summed E-state index contributed by atoms with van der Waals surface area (Å²) >= 11 is 0. The van der Waals surface area contributed by atoms with Gasteiger partial charge in [0.05, 0.1) is 12.0 Å². The molecule has 0 saturated carbocycles. The second-order valence-corrected chi connectivity index (χ2v) is 5.79. The molecule has 0 radical (unpaired) electrons. The topological polar surface area (TPSA) is 58.6 Å². The molecule has 2 aliphatic rings. The maximum absolute atomic E-state index is 11.9. The maximum atomic E-state index is 11.9. The van der Waals surface area contributed by atoms with Crippen LogP contribution < -0.4 is 5.32 Å². The van der Waals surface area contributed by atoms with Crippen LogP contribution in [0.3, 0.4) is 0 Å².